The first-order chi connectivity index (χ1) is 9.67. The highest BCUT2D eigenvalue weighted by Gasteiger charge is 2.26. The molecular formula is C15H21BrN2OS. The molecule has 0 spiro atoms. The second kappa shape index (κ2) is 7.36. The van der Waals surface area contributed by atoms with E-state index in [1.807, 2.05) is 30.0 Å². The van der Waals surface area contributed by atoms with Crippen LogP contribution in [0.2, 0.25) is 0 Å². The molecule has 2 rings (SSSR count). The van der Waals surface area contributed by atoms with Crippen LogP contribution in [-0.2, 0) is 0 Å². The molecule has 1 aromatic carbocycles. The molecule has 0 saturated heterocycles. The van der Waals surface area contributed by atoms with Gasteiger partial charge in [-0.25, -0.2) is 0 Å². The average Bonchev–Trinajstić information content (AvgIpc) is 2.89. The van der Waals surface area contributed by atoms with E-state index in [4.69, 9.17) is 4.74 Å². The molecule has 1 heterocycles. The lowest BCUT2D eigenvalue weighted by atomic mass is 9.99. The predicted molar refractivity (Wildman–Crippen MR) is 92.1 cm³/mol. The summed E-state index contributed by atoms with van der Waals surface area (Å²) in [5.41, 5.74) is 0.957. The van der Waals surface area contributed by atoms with Crippen molar-refractivity contribution in [1.29, 1.82) is 0 Å². The number of anilines is 1. The van der Waals surface area contributed by atoms with Crippen LogP contribution in [0.25, 0.3) is 0 Å². The fraction of sp³-hybridized carbons (Fsp3) is 0.533. The molecule has 0 bridgehead atoms. The molecular weight excluding hydrogens is 336 g/mol. The summed E-state index contributed by atoms with van der Waals surface area (Å²) in [6.07, 6.45) is 2.44. The number of ether oxygens (including phenoxy) is 1. The van der Waals surface area contributed by atoms with Gasteiger partial charge in [-0.05, 0) is 24.1 Å². The highest BCUT2D eigenvalue weighted by atomic mass is 79.9. The number of benzene rings is 1. The summed E-state index contributed by atoms with van der Waals surface area (Å²) in [4.78, 5) is 4.63. The number of thioether (sulfide) groups is 1. The van der Waals surface area contributed by atoms with Crippen molar-refractivity contribution in [2.45, 2.75) is 31.9 Å². The van der Waals surface area contributed by atoms with Crippen molar-refractivity contribution in [3.8, 4) is 5.75 Å². The molecule has 0 saturated carbocycles. The third-order valence-electron chi connectivity index (χ3n) is 3.66. The first kappa shape index (κ1) is 15.7. The number of hydrogen-bond acceptors (Lipinski definition) is 4. The van der Waals surface area contributed by atoms with Gasteiger partial charge >= 0.3 is 0 Å². The minimum absolute atomic E-state index is 0.602. The molecule has 0 fully saturated rings. The smallest absolute Gasteiger partial charge is 0.161 e. The molecule has 1 atom stereocenters. The van der Waals surface area contributed by atoms with Crippen LogP contribution in [0.5, 0.6) is 5.75 Å². The SMILES string of the molecule is CCC(CC)C1CN=C(Nc2cc(Br)ccc2OC)S1. The summed E-state index contributed by atoms with van der Waals surface area (Å²) >= 11 is 5.35. The monoisotopic (exact) mass is 356 g/mol. The van der Waals surface area contributed by atoms with Crippen LogP contribution >= 0.6 is 27.7 Å². The molecule has 0 aromatic heterocycles. The number of nitrogens with one attached hydrogen (secondary N) is 1. The van der Waals surface area contributed by atoms with Crippen molar-refractivity contribution in [2.24, 2.45) is 10.9 Å². The number of rotatable bonds is 5. The van der Waals surface area contributed by atoms with Crippen molar-refractivity contribution in [2.75, 3.05) is 19.0 Å². The Bertz CT molecular complexity index is 489. The average molecular weight is 357 g/mol. The van der Waals surface area contributed by atoms with Gasteiger partial charge in [0.25, 0.3) is 0 Å². The second-order valence-electron chi connectivity index (χ2n) is 4.85. The van der Waals surface area contributed by atoms with E-state index < -0.39 is 0 Å². The van der Waals surface area contributed by atoms with E-state index in [1.54, 1.807) is 7.11 Å². The van der Waals surface area contributed by atoms with Gasteiger partial charge in [-0.3, -0.25) is 4.99 Å². The molecule has 1 aliphatic heterocycles. The zero-order valence-electron chi connectivity index (χ0n) is 12.1. The Hall–Kier alpha value is -0.680. The number of methoxy groups -OCH3 is 1. The molecule has 3 nitrogen and oxygen atoms in total. The van der Waals surface area contributed by atoms with Crippen molar-refractivity contribution in [3.05, 3.63) is 22.7 Å². The summed E-state index contributed by atoms with van der Waals surface area (Å²) < 4.78 is 6.41. The minimum atomic E-state index is 0.602. The maximum absolute atomic E-state index is 5.38. The molecule has 1 unspecified atom stereocenters. The maximum Gasteiger partial charge on any atom is 0.161 e. The van der Waals surface area contributed by atoms with Crippen molar-refractivity contribution >= 4 is 38.5 Å². The third-order valence-corrected chi connectivity index (χ3v) is 5.44. The first-order valence-corrected chi connectivity index (χ1v) is 8.66. The summed E-state index contributed by atoms with van der Waals surface area (Å²) in [6.45, 7) is 5.44. The zero-order chi connectivity index (χ0) is 14.5. The Kier molecular flexibility index (Phi) is 5.78. The molecule has 20 heavy (non-hydrogen) atoms. The van der Waals surface area contributed by atoms with Crippen LogP contribution in [0.1, 0.15) is 26.7 Å². The van der Waals surface area contributed by atoms with Crippen molar-refractivity contribution < 1.29 is 4.74 Å². The molecule has 1 aliphatic rings. The van der Waals surface area contributed by atoms with E-state index in [9.17, 15) is 0 Å². The fourth-order valence-electron chi connectivity index (χ4n) is 2.41. The van der Waals surface area contributed by atoms with Crippen LogP contribution < -0.4 is 10.1 Å². The van der Waals surface area contributed by atoms with Crippen molar-refractivity contribution in [3.63, 3.8) is 0 Å². The van der Waals surface area contributed by atoms with Crippen LogP contribution in [0.15, 0.2) is 27.7 Å². The summed E-state index contributed by atoms with van der Waals surface area (Å²) in [6, 6.07) is 5.94. The normalized spacial score (nSPS) is 18.2. The van der Waals surface area contributed by atoms with Gasteiger partial charge < -0.3 is 10.1 Å². The molecule has 5 heteroatoms. The number of halogens is 1. The van der Waals surface area contributed by atoms with Crippen LogP contribution in [0.4, 0.5) is 5.69 Å². The van der Waals surface area contributed by atoms with Crippen LogP contribution in [-0.4, -0.2) is 24.1 Å². The minimum Gasteiger partial charge on any atom is -0.495 e. The van der Waals surface area contributed by atoms with Crippen LogP contribution in [0.3, 0.4) is 0 Å². The molecule has 1 aromatic rings. The quantitative estimate of drug-likeness (QED) is 0.824. The Morgan fingerprint density at radius 3 is 2.85 bits per heavy atom. The van der Waals surface area contributed by atoms with Gasteiger partial charge in [0.15, 0.2) is 5.17 Å². The highest BCUT2D eigenvalue weighted by molar-refractivity contribution is 9.10. The van der Waals surface area contributed by atoms with E-state index in [0.29, 0.717) is 5.25 Å². The molecule has 0 aliphatic carbocycles. The standard InChI is InChI=1S/C15H21BrN2OS/c1-4-10(5-2)14-9-17-15(20-14)18-12-8-11(16)6-7-13(12)19-3/h6-8,10,14H,4-5,9H2,1-3H3,(H,17,18). The topological polar surface area (TPSA) is 33.6 Å². The Morgan fingerprint density at radius 2 is 2.20 bits per heavy atom. The van der Waals surface area contributed by atoms with E-state index in [0.717, 1.165) is 33.5 Å². The van der Waals surface area contributed by atoms with Gasteiger partial charge in [0, 0.05) is 9.72 Å². The zero-order valence-corrected chi connectivity index (χ0v) is 14.6. The van der Waals surface area contributed by atoms with Gasteiger partial charge in [0.05, 0.1) is 19.3 Å². The number of hydrogen-bond donors (Lipinski definition) is 1. The Balaban J connectivity index is 2.03. The van der Waals surface area contributed by atoms with Gasteiger partial charge in [-0.1, -0.05) is 54.4 Å². The van der Waals surface area contributed by atoms with Crippen LogP contribution in [0, 0.1) is 5.92 Å². The van der Waals surface area contributed by atoms with Gasteiger partial charge in [0.2, 0.25) is 0 Å². The Morgan fingerprint density at radius 1 is 1.45 bits per heavy atom. The Labute approximate surface area is 133 Å². The van der Waals surface area contributed by atoms with E-state index >= 15 is 0 Å². The molecule has 0 radical (unpaired) electrons. The molecule has 110 valence electrons. The predicted octanol–water partition coefficient (Wildman–Crippen LogP) is 4.78. The highest BCUT2D eigenvalue weighted by Crippen LogP contribution is 2.34. The number of aliphatic imine (C=N–C) groups is 1. The fourth-order valence-corrected chi connectivity index (χ4v) is 4.10. The summed E-state index contributed by atoms with van der Waals surface area (Å²) in [5.74, 6) is 1.58. The van der Waals surface area contributed by atoms with Gasteiger partial charge in [-0.2, -0.15) is 0 Å². The van der Waals surface area contributed by atoms with Gasteiger partial charge in [0.1, 0.15) is 5.75 Å². The van der Waals surface area contributed by atoms with Crippen molar-refractivity contribution in [1.82, 2.24) is 0 Å². The lowest BCUT2D eigenvalue weighted by Gasteiger charge is -2.19. The molecule has 0 amide bonds. The number of amidine groups is 1. The lowest BCUT2D eigenvalue weighted by molar-refractivity contribution is 0.417. The third kappa shape index (κ3) is 3.70. The van der Waals surface area contributed by atoms with E-state index in [2.05, 4.69) is 40.1 Å². The maximum atomic E-state index is 5.38. The first-order valence-electron chi connectivity index (χ1n) is 6.99. The summed E-state index contributed by atoms with van der Waals surface area (Å²) in [7, 11) is 1.69. The lowest BCUT2D eigenvalue weighted by Crippen LogP contribution is -2.17. The molecule has 1 N–H and O–H groups in total. The van der Waals surface area contributed by atoms with Gasteiger partial charge in [-0.15, -0.1) is 0 Å². The van der Waals surface area contributed by atoms with E-state index in [-0.39, 0.29) is 0 Å². The number of nitrogens with zero attached hydrogens (tertiary/aromatic N) is 1. The van der Waals surface area contributed by atoms with E-state index in [1.165, 1.54) is 12.8 Å². The second-order valence-corrected chi connectivity index (χ2v) is 6.99. The summed E-state index contributed by atoms with van der Waals surface area (Å²) in [5, 5.41) is 4.99. The largest absolute Gasteiger partial charge is 0.495 e.